The van der Waals surface area contributed by atoms with Gasteiger partial charge in [-0.3, -0.25) is 13.7 Å². The van der Waals surface area contributed by atoms with E-state index in [1.165, 1.54) is 12.3 Å². The summed E-state index contributed by atoms with van der Waals surface area (Å²) < 4.78 is 43.4. The zero-order valence-electron chi connectivity index (χ0n) is 17.0. The van der Waals surface area contributed by atoms with E-state index in [2.05, 4.69) is 18.3 Å². The van der Waals surface area contributed by atoms with Gasteiger partial charge in [0.25, 0.3) is 7.82 Å². The molecule has 31 heavy (non-hydrogen) atoms. The maximum Gasteiger partial charge on any atom is 0.478 e. The Morgan fingerprint density at radius 2 is 1.94 bits per heavy atom. The molecule has 1 aromatic heterocycles. The summed E-state index contributed by atoms with van der Waals surface area (Å²) in [5.41, 5.74) is 4.52. The Bertz CT molecular complexity index is 920. The van der Waals surface area contributed by atoms with E-state index in [1.807, 2.05) is 0 Å². The molecule has 1 aliphatic rings. The van der Waals surface area contributed by atoms with Crippen molar-refractivity contribution in [3.05, 3.63) is 22.7 Å². The highest BCUT2D eigenvalue weighted by Crippen LogP contribution is 2.58. The number of phosphoric acid groups is 2. The molecule has 2 heterocycles. The predicted octanol–water partition coefficient (Wildman–Crippen LogP) is -2.23. The summed E-state index contributed by atoms with van der Waals surface area (Å²) >= 11 is 0. The van der Waals surface area contributed by atoms with Crippen molar-refractivity contribution in [1.29, 1.82) is 0 Å². The van der Waals surface area contributed by atoms with Crippen molar-refractivity contribution in [3.8, 4) is 0 Å². The van der Waals surface area contributed by atoms with E-state index in [1.54, 1.807) is 21.1 Å². The molecular formula is C14H26N4O11P2. The van der Waals surface area contributed by atoms with Crippen LogP contribution in [0, 0.1) is 0 Å². The Kier molecular flexibility index (Phi) is 8.17. The second-order valence-electron chi connectivity index (χ2n) is 7.73. The molecule has 178 valence electrons. The molecule has 0 spiro atoms. The second kappa shape index (κ2) is 9.73. The average molecular weight is 488 g/mol. The van der Waals surface area contributed by atoms with Gasteiger partial charge in [0.1, 0.15) is 37.3 Å². The fraction of sp³-hybridized carbons (Fsp3) is 0.714. The highest BCUT2D eigenvalue weighted by molar-refractivity contribution is 7.60. The minimum atomic E-state index is -5.18. The maximum absolute atomic E-state index is 12.0. The van der Waals surface area contributed by atoms with Gasteiger partial charge in [-0.05, 0) is 6.07 Å². The molecular weight excluding hydrogens is 462 g/mol. The molecule has 1 aromatic rings. The SMILES string of the molecule is C[N+](C)(C)CCOP(=O)([O-])OP(=O)(O)OC[C@H]1O[C@@H](n2ccc(N)nc2=O)[C@@H](O)C1O. The minimum absolute atomic E-state index is 0.0711. The number of hydrogen-bond acceptors (Lipinski definition) is 12. The number of hydrogen-bond donors (Lipinski definition) is 4. The van der Waals surface area contributed by atoms with Crippen LogP contribution >= 0.6 is 15.6 Å². The van der Waals surface area contributed by atoms with Gasteiger partial charge in [0.2, 0.25) is 0 Å². The van der Waals surface area contributed by atoms with Crippen LogP contribution in [-0.2, 0) is 27.2 Å². The highest BCUT2D eigenvalue weighted by Gasteiger charge is 2.45. The molecule has 15 nitrogen and oxygen atoms in total. The molecule has 0 aliphatic carbocycles. The van der Waals surface area contributed by atoms with Gasteiger partial charge in [0.05, 0.1) is 27.7 Å². The van der Waals surface area contributed by atoms with Crippen LogP contribution in [0.1, 0.15) is 6.23 Å². The van der Waals surface area contributed by atoms with Gasteiger partial charge >= 0.3 is 13.5 Å². The van der Waals surface area contributed by atoms with Crippen molar-refractivity contribution in [2.24, 2.45) is 0 Å². The first kappa shape index (κ1) is 26.0. The normalized spacial score (nSPS) is 28.2. The third-order valence-corrected chi connectivity index (χ3v) is 6.68. The monoisotopic (exact) mass is 488 g/mol. The number of nitrogens with two attached hydrogens (primary N) is 1. The third-order valence-electron chi connectivity index (χ3n) is 4.08. The van der Waals surface area contributed by atoms with Gasteiger partial charge in [0, 0.05) is 6.20 Å². The van der Waals surface area contributed by atoms with Crippen molar-refractivity contribution in [2.75, 3.05) is 46.6 Å². The lowest BCUT2D eigenvalue weighted by Crippen LogP contribution is -2.37. The molecule has 3 unspecified atom stereocenters. The van der Waals surface area contributed by atoms with Gasteiger partial charge in [-0.1, -0.05) is 0 Å². The standard InChI is InChI=1S/C14H26N4O11P2/c1-18(2,3)6-7-26-30(22,23)29-31(24,25)27-8-9-11(19)12(20)13(28-9)17-5-4-10(15)16-14(17)21/h4-5,9,11-13,19-20H,6-8H2,1-3H3,(H3-,15,16,21,22,23,24,25)/t9-,11?,12+,13-/m1/s1. The molecule has 0 bridgehead atoms. The van der Waals surface area contributed by atoms with E-state index in [0.29, 0.717) is 4.48 Å². The van der Waals surface area contributed by atoms with Crippen molar-refractivity contribution < 1.29 is 51.7 Å². The number of anilines is 1. The van der Waals surface area contributed by atoms with Crippen LogP contribution in [-0.4, -0.2) is 88.4 Å². The summed E-state index contributed by atoms with van der Waals surface area (Å²) in [6, 6.07) is 1.26. The number of nitrogens with zero attached hydrogens (tertiary/aromatic N) is 3. The van der Waals surface area contributed by atoms with Crippen molar-refractivity contribution in [1.82, 2.24) is 9.55 Å². The second-order valence-corrected chi connectivity index (χ2v) is 10.7. The molecule has 2 rings (SSSR count). The fourth-order valence-electron chi connectivity index (χ4n) is 2.48. The summed E-state index contributed by atoms with van der Waals surface area (Å²) in [5.74, 6) is -0.0711. The first-order valence-corrected chi connectivity index (χ1v) is 11.9. The first-order chi connectivity index (χ1) is 14.1. The Morgan fingerprint density at radius 3 is 2.52 bits per heavy atom. The summed E-state index contributed by atoms with van der Waals surface area (Å²) in [7, 11) is -5.01. The largest absolute Gasteiger partial charge is 0.756 e. The number of phosphoric ester groups is 2. The molecule has 0 radical (unpaired) electrons. The van der Waals surface area contributed by atoms with E-state index in [0.717, 1.165) is 4.57 Å². The summed E-state index contributed by atoms with van der Waals surface area (Å²) in [6.45, 7) is -0.877. The van der Waals surface area contributed by atoms with Crippen LogP contribution in [0.25, 0.3) is 0 Å². The van der Waals surface area contributed by atoms with Crippen LogP contribution < -0.4 is 16.3 Å². The lowest BCUT2D eigenvalue weighted by Gasteiger charge is -2.28. The topological polar surface area (TPSA) is 216 Å². The number of quaternary nitrogens is 1. The Labute approximate surface area is 177 Å². The number of aliphatic hydroxyl groups is 2. The average Bonchev–Trinajstić information content (AvgIpc) is 2.86. The number of aromatic nitrogens is 2. The number of aliphatic hydroxyl groups excluding tert-OH is 2. The number of rotatable bonds is 10. The van der Waals surface area contributed by atoms with Gasteiger partial charge in [0.15, 0.2) is 6.23 Å². The lowest BCUT2D eigenvalue weighted by molar-refractivity contribution is -0.870. The van der Waals surface area contributed by atoms with E-state index in [-0.39, 0.29) is 19.0 Å². The third kappa shape index (κ3) is 7.70. The minimum Gasteiger partial charge on any atom is -0.756 e. The van der Waals surface area contributed by atoms with Crippen molar-refractivity contribution in [2.45, 2.75) is 24.5 Å². The Morgan fingerprint density at radius 1 is 1.29 bits per heavy atom. The van der Waals surface area contributed by atoms with E-state index >= 15 is 0 Å². The molecule has 0 amide bonds. The van der Waals surface area contributed by atoms with Crippen LogP contribution in [0.4, 0.5) is 5.82 Å². The molecule has 1 fully saturated rings. The highest BCUT2D eigenvalue weighted by atomic mass is 31.3. The first-order valence-electron chi connectivity index (χ1n) is 8.91. The number of nitrogen functional groups attached to an aromatic ring is 1. The predicted molar refractivity (Wildman–Crippen MR) is 102 cm³/mol. The quantitative estimate of drug-likeness (QED) is 0.203. The molecule has 6 atom stereocenters. The van der Waals surface area contributed by atoms with Crippen LogP contribution in [0.2, 0.25) is 0 Å². The lowest BCUT2D eigenvalue weighted by atomic mass is 10.1. The van der Waals surface area contributed by atoms with Gasteiger partial charge in [-0.2, -0.15) is 4.98 Å². The van der Waals surface area contributed by atoms with Gasteiger partial charge < -0.3 is 39.5 Å². The number of likely N-dealkylation sites (N-methyl/N-ethyl adjacent to an activating group) is 1. The van der Waals surface area contributed by atoms with Crippen molar-refractivity contribution >= 4 is 21.5 Å². The zero-order valence-corrected chi connectivity index (χ0v) is 18.8. The van der Waals surface area contributed by atoms with Crippen LogP contribution in [0.5, 0.6) is 0 Å². The molecule has 1 aliphatic heterocycles. The molecule has 0 aromatic carbocycles. The molecule has 0 saturated carbocycles. The smallest absolute Gasteiger partial charge is 0.478 e. The fourth-order valence-corrected chi connectivity index (χ4v) is 4.51. The Hall–Kier alpha value is -1.22. The molecule has 1 saturated heterocycles. The summed E-state index contributed by atoms with van der Waals surface area (Å²) in [5, 5.41) is 20.2. The summed E-state index contributed by atoms with van der Waals surface area (Å²) in [4.78, 5) is 36.7. The van der Waals surface area contributed by atoms with Gasteiger partial charge in [-0.15, -0.1) is 0 Å². The van der Waals surface area contributed by atoms with Crippen molar-refractivity contribution in [3.63, 3.8) is 0 Å². The molecule has 17 heteroatoms. The van der Waals surface area contributed by atoms with Crippen LogP contribution in [0.3, 0.4) is 0 Å². The van der Waals surface area contributed by atoms with Crippen LogP contribution in [0.15, 0.2) is 17.1 Å². The summed E-state index contributed by atoms with van der Waals surface area (Å²) in [6.07, 6.45) is -4.89. The van der Waals surface area contributed by atoms with E-state index in [9.17, 15) is 33.9 Å². The van der Waals surface area contributed by atoms with E-state index < -0.39 is 52.5 Å². The molecule has 5 N–H and O–H groups in total. The Balaban J connectivity index is 1.96. The van der Waals surface area contributed by atoms with Gasteiger partial charge in [-0.25, -0.2) is 13.7 Å². The maximum atomic E-state index is 12.0. The van der Waals surface area contributed by atoms with E-state index in [4.69, 9.17) is 10.5 Å². The number of ether oxygens (including phenoxy) is 1. The zero-order chi connectivity index (χ0) is 23.6.